The number of hydrogen-bond acceptors (Lipinski definition) is 3. The van der Waals surface area contributed by atoms with E-state index in [0.717, 1.165) is 22.0 Å². The Kier molecular flexibility index (Phi) is 2.33. The topological polar surface area (TPSA) is 44.9 Å². The molecule has 0 bridgehead atoms. The Bertz CT molecular complexity index is 711. The van der Waals surface area contributed by atoms with E-state index in [0.29, 0.717) is 5.88 Å². The molecule has 0 aliphatic rings. The summed E-state index contributed by atoms with van der Waals surface area (Å²) in [5, 5.41) is 5.32. The van der Waals surface area contributed by atoms with E-state index in [4.69, 9.17) is 4.74 Å². The van der Waals surface area contributed by atoms with Crippen molar-refractivity contribution in [1.29, 1.82) is 0 Å². The molecule has 0 aliphatic carbocycles. The first-order valence-corrected chi connectivity index (χ1v) is 5.67. The number of hydrogen-bond donors (Lipinski definition) is 0. The monoisotopic (exact) mass is 242 g/mol. The van der Waals surface area contributed by atoms with Gasteiger partial charge in [-0.05, 0) is 6.07 Å². The zero-order valence-corrected chi connectivity index (χ0v) is 10.6. The molecule has 0 amide bonds. The number of fused-ring (bicyclic) bond motifs is 1. The predicted octanol–water partition coefficient (Wildman–Crippen LogP) is 1.98. The van der Waals surface area contributed by atoms with E-state index < -0.39 is 0 Å². The van der Waals surface area contributed by atoms with E-state index in [1.807, 2.05) is 43.4 Å². The average Bonchev–Trinajstić information content (AvgIpc) is 2.96. The molecule has 3 rings (SSSR count). The van der Waals surface area contributed by atoms with Crippen LogP contribution in [0.4, 0.5) is 0 Å². The second kappa shape index (κ2) is 3.87. The van der Waals surface area contributed by atoms with Crippen LogP contribution in [0, 0.1) is 0 Å². The molecule has 0 atom stereocenters. The minimum Gasteiger partial charge on any atom is -0.479 e. The van der Waals surface area contributed by atoms with Crippen molar-refractivity contribution in [2.24, 2.45) is 14.1 Å². The lowest BCUT2D eigenvalue weighted by Gasteiger charge is -2.06. The van der Waals surface area contributed by atoms with Crippen LogP contribution in [0.3, 0.4) is 0 Å². The Hall–Kier alpha value is -2.30. The van der Waals surface area contributed by atoms with Crippen molar-refractivity contribution in [3.63, 3.8) is 0 Å². The highest BCUT2D eigenvalue weighted by Gasteiger charge is 2.13. The average molecular weight is 242 g/mol. The van der Waals surface area contributed by atoms with E-state index in [1.54, 1.807) is 11.8 Å². The Balaban J connectivity index is 2.32. The molecule has 0 spiro atoms. The minimum atomic E-state index is 0.644. The third kappa shape index (κ3) is 1.48. The van der Waals surface area contributed by atoms with E-state index >= 15 is 0 Å². The molecule has 0 radical (unpaired) electrons. The fraction of sp³-hybridized carbons (Fsp3) is 0.231. The van der Waals surface area contributed by atoms with E-state index in [9.17, 15) is 0 Å². The van der Waals surface area contributed by atoms with Crippen molar-refractivity contribution in [3.05, 3.63) is 30.9 Å². The van der Waals surface area contributed by atoms with Gasteiger partial charge in [-0.1, -0.05) is 0 Å². The van der Waals surface area contributed by atoms with Gasteiger partial charge in [0.05, 0.1) is 13.3 Å². The summed E-state index contributed by atoms with van der Waals surface area (Å²) in [5.41, 5.74) is 3.13. The third-order valence-electron chi connectivity index (χ3n) is 3.09. The number of methoxy groups -OCH3 is 1. The summed E-state index contributed by atoms with van der Waals surface area (Å²) >= 11 is 0. The fourth-order valence-corrected chi connectivity index (χ4v) is 2.21. The third-order valence-corrected chi connectivity index (χ3v) is 3.09. The number of aromatic nitrogens is 4. The molecule has 0 saturated carbocycles. The van der Waals surface area contributed by atoms with Crippen molar-refractivity contribution in [2.75, 3.05) is 7.11 Å². The maximum absolute atomic E-state index is 5.31. The number of ether oxygens (including phenoxy) is 1. The van der Waals surface area contributed by atoms with Crippen molar-refractivity contribution < 1.29 is 4.74 Å². The van der Waals surface area contributed by atoms with Gasteiger partial charge in [0, 0.05) is 49.2 Å². The summed E-state index contributed by atoms with van der Waals surface area (Å²) < 4.78 is 9.11. The van der Waals surface area contributed by atoms with Gasteiger partial charge in [-0.3, -0.25) is 4.68 Å². The quantitative estimate of drug-likeness (QED) is 0.690. The van der Waals surface area contributed by atoms with Gasteiger partial charge in [0.1, 0.15) is 5.52 Å². The maximum Gasteiger partial charge on any atom is 0.238 e. The largest absolute Gasteiger partial charge is 0.479 e. The molecule has 5 heteroatoms. The molecule has 0 saturated heterocycles. The van der Waals surface area contributed by atoms with Gasteiger partial charge in [-0.15, -0.1) is 0 Å². The van der Waals surface area contributed by atoms with Crippen LogP contribution in [0.15, 0.2) is 30.9 Å². The molecule has 92 valence electrons. The number of nitrogens with zero attached hydrogens (tertiary/aromatic N) is 4. The lowest BCUT2D eigenvalue weighted by molar-refractivity contribution is 0.401. The summed E-state index contributed by atoms with van der Waals surface area (Å²) in [6.45, 7) is 0. The van der Waals surface area contributed by atoms with Gasteiger partial charge in [0.2, 0.25) is 5.88 Å². The first-order valence-electron chi connectivity index (χ1n) is 5.67. The van der Waals surface area contributed by atoms with E-state index in [-0.39, 0.29) is 0 Å². The zero-order valence-electron chi connectivity index (χ0n) is 10.6. The molecule has 3 aromatic rings. The van der Waals surface area contributed by atoms with Crippen molar-refractivity contribution in [1.82, 2.24) is 19.3 Å². The molecule has 18 heavy (non-hydrogen) atoms. The molecule has 0 N–H and O–H groups in total. The Morgan fingerprint density at radius 2 is 2.06 bits per heavy atom. The highest BCUT2D eigenvalue weighted by atomic mass is 16.5. The molecule has 5 nitrogen and oxygen atoms in total. The van der Waals surface area contributed by atoms with Crippen LogP contribution in [0.25, 0.3) is 22.0 Å². The summed E-state index contributed by atoms with van der Waals surface area (Å²) in [6.07, 6.45) is 7.67. The highest BCUT2D eigenvalue weighted by Crippen LogP contribution is 2.32. The van der Waals surface area contributed by atoms with Crippen molar-refractivity contribution in [3.8, 4) is 17.0 Å². The lowest BCUT2D eigenvalue weighted by atomic mass is 10.1. The SMILES string of the molecule is COc1ncc(-c2cnn(C)c2)c2ccn(C)c12. The van der Waals surface area contributed by atoms with Gasteiger partial charge in [0.15, 0.2) is 0 Å². The van der Waals surface area contributed by atoms with Gasteiger partial charge in [0.25, 0.3) is 0 Å². The van der Waals surface area contributed by atoms with Crippen molar-refractivity contribution >= 4 is 10.9 Å². The molecule has 3 heterocycles. The number of rotatable bonds is 2. The van der Waals surface area contributed by atoms with Crippen LogP contribution < -0.4 is 4.74 Å². The molecular weight excluding hydrogens is 228 g/mol. The normalized spacial score (nSPS) is 11.1. The Labute approximate surface area is 105 Å². The second-order valence-corrected chi connectivity index (χ2v) is 4.27. The van der Waals surface area contributed by atoms with Crippen LogP contribution in [-0.4, -0.2) is 26.4 Å². The first-order chi connectivity index (χ1) is 8.70. The van der Waals surface area contributed by atoms with Crippen molar-refractivity contribution in [2.45, 2.75) is 0 Å². The second-order valence-electron chi connectivity index (χ2n) is 4.27. The fourth-order valence-electron chi connectivity index (χ4n) is 2.21. The summed E-state index contributed by atoms with van der Waals surface area (Å²) in [5.74, 6) is 0.644. The van der Waals surface area contributed by atoms with Gasteiger partial charge < -0.3 is 9.30 Å². The number of aryl methyl sites for hydroxylation is 2. The highest BCUT2D eigenvalue weighted by molar-refractivity contribution is 5.97. The Morgan fingerprint density at radius 1 is 1.22 bits per heavy atom. The van der Waals surface area contributed by atoms with Gasteiger partial charge >= 0.3 is 0 Å². The summed E-state index contributed by atoms with van der Waals surface area (Å²) in [4.78, 5) is 4.36. The maximum atomic E-state index is 5.31. The predicted molar refractivity (Wildman–Crippen MR) is 69.5 cm³/mol. The van der Waals surface area contributed by atoms with E-state index in [2.05, 4.69) is 16.1 Å². The molecule has 3 aromatic heterocycles. The van der Waals surface area contributed by atoms with E-state index in [1.165, 1.54) is 0 Å². The van der Waals surface area contributed by atoms with Gasteiger partial charge in [-0.25, -0.2) is 4.98 Å². The van der Waals surface area contributed by atoms with Crippen LogP contribution in [0.1, 0.15) is 0 Å². The molecule has 0 fully saturated rings. The minimum absolute atomic E-state index is 0.644. The molecular formula is C13H14N4O. The van der Waals surface area contributed by atoms with Crippen LogP contribution >= 0.6 is 0 Å². The lowest BCUT2D eigenvalue weighted by Crippen LogP contribution is -1.94. The standard InChI is InChI=1S/C13H14N4O/c1-16-5-4-10-11(9-6-15-17(2)8-9)7-14-13(18-3)12(10)16/h4-8H,1-3H3. The zero-order chi connectivity index (χ0) is 12.7. The smallest absolute Gasteiger partial charge is 0.238 e. The Morgan fingerprint density at radius 3 is 2.72 bits per heavy atom. The molecule has 0 aliphatic heterocycles. The van der Waals surface area contributed by atoms with Crippen LogP contribution in [-0.2, 0) is 14.1 Å². The van der Waals surface area contributed by atoms with Crippen LogP contribution in [0.5, 0.6) is 5.88 Å². The summed E-state index contributed by atoms with van der Waals surface area (Å²) in [7, 11) is 5.53. The molecule has 0 unspecified atom stereocenters. The van der Waals surface area contributed by atoms with Gasteiger partial charge in [-0.2, -0.15) is 5.10 Å². The first kappa shape index (κ1) is 10.8. The summed E-state index contributed by atoms with van der Waals surface area (Å²) in [6, 6.07) is 2.07. The molecule has 0 aromatic carbocycles. The van der Waals surface area contributed by atoms with Crippen LogP contribution in [0.2, 0.25) is 0 Å². The number of pyridine rings is 1.